The maximum absolute atomic E-state index is 12.7. The number of rotatable bonds is 6. The predicted molar refractivity (Wildman–Crippen MR) is 78.2 cm³/mol. The van der Waals surface area contributed by atoms with Crippen molar-refractivity contribution in [2.24, 2.45) is 0 Å². The van der Waals surface area contributed by atoms with E-state index in [-0.39, 0.29) is 17.6 Å². The minimum Gasteiger partial charge on any atom is -0.371 e. The van der Waals surface area contributed by atoms with Crippen molar-refractivity contribution in [3.05, 3.63) is 60.7 Å². The second-order valence-corrected chi connectivity index (χ2v) is 6.39. The molecule has 1 atom stereocenters. The van der Waals surface area contributed by atoms with Crippen LogP contribution in [0.1, 0.15) is 0 Å². The van der Waals surface area contributed by atoms with Crippen LogP contribution in [0.25, 0.3) is 0 Å². The van der Waals surface area contributed by atoms with Gasteiger partial charge in [-0.05, 0) is 24.3 Å². The Morgan fingerprint density at radius 2 is 1.62 bits per heavy atom. The number of para-hydroxylation sites is 1. The summed E-state index contributed by atoms with van der Waals surface area (Å²) < 4.78 is 31.5. The molecule has 0 radical (unpaired) electrons. The van der Waals surface area contributed by atoms with E-state index in [1.807, 2.05) is 6.07 Å². The molecular weight excluding hydrogens is 290 g/mol. The first kappa shape index (κ1) is 14.1. The summed E-state index contributed by atoms with van der Waals surface area (Å²) in [5.41, 5.74) is 0.460. The highest BCUT2D eigenvalue weighted by molar-refractivity contribution is 7.92. The number of anilines is 1. The van der Waals surface area contributed by atoms with Crippen LogP contribution in [0, 0.1) is 0 Å². The second kappa shape index (κ2) is 5.85. The fourth-order valence-electron chi connectivity index (χ4n) is 1.84. The van der Waals surface area contributed by atoms with Gasteiger partial charge in [-0.3, -0.25) is 4.84 Å². The van der Waals surface area contributed by atoms with Crippen LogP contribution < -0.4 is 4.47 Å². The molecule has 1 heterocycles. The zero-order valence-corrected chi connectivity index (χ0v) is 12.1. The lowest BCUT2D eigenvalue weighted by molar-refractivity contribution is 0.129. The Bertz CT molecular complexity index is 684. The number of hydrogen-bond donors (Lipinski definition) is 0. The summed E-state index contributed by atoms with van der Waals surface area (Å²) in [6.07, 6.45) is -0.0258. The number of sulfonamides is 1. The fraction of sp³-hybridized carbons (Fsp3) is 0.200. The van der Waals surface area contributed by atoms with Crippen molar-refractivity contribution in [2.75, 3.05) is 17.7 Å². The molecule has 6 heteroatoms. The summed E-state index contributed by atoms with van der Waals surface area (Å²) in [4.78, 5) is 5.68. The van der Waals surface area contributed by atoms with Gasteiger partial charge in [-0.2, -0.15) is 8.42 Å². The van der Waals surface area contributed by atoms with Crippen molar-refractivity contribution in [3.63, 3.8) is 0 Å². The van der Waals surface area contributed by atoms with Gasteiger partial charge in [0.25, 0.3) is 10.0 Å². The van der Waals surface area contributed by atoms with Crippen LogP contribution >= 0.6 is 0 Å². The molecule has 1 saturated heterocycles. The molecule has 0 spiro atoms. The van der Waals surface area contributed by atoms with Crippen LogP contribution in [0.2, 0.25) is 0 Å². The molecule has 1 fully saturated rings. The van der Waals surface area contributed by atoms with E-state index in [4.69, 9.17) is 9.57 Å². The van der Waals surface area contributed by atoms with Crippen LogP contribution in [0.5, 0.6) is 0 Å². The average molecular weight is 305 g/mol. The second-order valence-electron chi connectivity index (χ2n) is 4.63. The Balaban J connectivity index is 1.93. The predicted octanol–water partition coefficient (Wildman–Crippen LogP) is 2.21. The normalized spacial score (nSPS) is 17.4. The maximum atomic E-state index is 12.7. The van der Waals surface area contributed by atoms with E-state index in [0.29, 0.717) is 12.3 Å². The molecule has 21 heavy (non-hydrogen) atoms. The van der Waals surface area contributed by atoms with E-state index in [9.17, 15) is 8.42 Å². The Morgan fingerprint density at radius 3 is 2.19 bits per heavy atom. The van der Waals surface area contributed by atoms with E-state index in [0.717, 1.165) is 4.47 Å². The summed E-state index contributed by atoms with van der Waals surface area (Å²) >= 11 is 0. The van der Waals surface area contributed by atoms with Crippen molar-refractivity contribution >= 4 is 15.7 Å². The molecule has 0 amide bonds. The lowest BCUT2D eigenvalue weighted by Crippen LogP contribution is -2.32. The molecule has 0 aromatic heterocycles. The maximum Gasteiger partial charge on any atom is 0.286 e. The third-order valence-corrected chi connectivity index (χ3v) is 4.63. The van der Waals surface area contributed by atoms with Gasteiger partial charge in [0.15, 0.2) is 0 Å². The molecule has 2 aromatic rings. The highest BCUT2D eigenvalue weighted by Gasteiger charge is 2.30. The van der Waals surface area contributed by atoms with Gasteiger partial charge in [0.05, 0.1) is 17.2 Å². The number of benzene rings is 2. The molecule has 1 unspecified atom stereocenters. The first-order chi connectivity index (χ1) is 10.2. The first-order valence-electron chi connectivity index (χ1n) is 6.58. The summed E-state index contributed by atoms with van der Waals surface area (Å²) in [6.45, 7) is 0.814. The van der Waals surface area contributed by atoms with E-state index in [1.54, 1.807) is 54.6 Å². The first-order valence-corrected chi connectivity index (χ1v) is 8.02. The summed E-state index contributed by atoms with van der Waals surface area (Å²) in [5.74, 6) is 0. The SMILES string of the molecule is O=S(=O)(c1ccccc1)N(OCC1CO1)c1ccccc1. The third-order valence-electron chi connectivity index (χ3n) is 3.01. The lowest BCUT2D eigenvalue weighted by atomic mass is 10.3. The van der Waals surface area contributed by atoms with E-state index in [2.05, 4.69) is 0 Å². The quantitative estimate of drug-likeness (QED) is 0.606. The topological polar surface area (TPSA) is 59.1 Å². The smallest absolute Gasteiger partial charge is 0.286 e. The summed E-state index contributed by atoms with van der Waals surface area (Å²) in [5, 5.41) is 0. The molecule has 0 aliphatic carbocycles. The van der Waals surface area contributed by atoms with Crippen molar-refractivity contribution in [1.82, 2.24) is 0 Å². The van der Waals surface area contributed by atoms with Gasteiger partial charge in [-0.25, -0.2) is 0 Å². The van der Waals surface area contributed by atoms with Gasteiger partial charge in [-0.1, -0.05) is 36.4 Å². The average Bonchev–Trinajstić information content (AvgIpc) is 3.33. The van der Waals surface area contributed by atoms with E-state index >= 15 is 0 Å². The van der Waals surface area contributed by atoms with Crippen LogP contribution in [-0.4, -0.2) is 27.7 Å². The minimum absolute atomic E-state index is 0.0258. The largest absolute Gasteiger partial charge is 0.371 e. The summed E-state index contributed by atoms with van der Waals surface area (Å²) in [6, 6.07) is 16.9. The van der Waals surface area contributed by atoms with Crippen LogP contribution in [-0.2, 0) is 19.6 Å². The van der Waals surface area contributed by atoms with Crippen molar-refractivity contribution in [1.29, 1.82) is 0 Å². The standard InChI is InChI=1S/C15H15NO4S/c17-21(18,15-9-5-2-6-10-15)16(20-12-14-11-19-14)13-7-3-1-4-8-13/h1-10,14H,11-12H2. The molecule has 0 saturated carbocycles. The number of hydrogen-bond acceptors (Lipinski definition) is 4. The highest BCUT2D eigenvalue weighted by atomic mass is 32.2. The Kier molecular flexibility index (Phi) is 3.92. The Hall–Kier alpha value is -1.89. The molecule has 0 bridgehead atoms. The van der Waals surface area contributed by atoms with Crippen molar-refractivity contribution in [2.45, 2.75) is 11.0 Å². The molecular formula is C15H15NO4S. The highest BCUT2D eigenvalue weighted by Crippen LogP contribution is 2.24. The number of nitrogens with zero attached hydrogens (tertiary/aromatic N) is 1. The zero-order chi connectivity index (χ0) is 14.7. The van der Waals surface area contributed by atoms with Gasteiger partial charge < -0.3 is 4.74 Å². The van der Waals surface area contributed by atoms with E-state index < -0.39 is 10.0 Å². The molecule has 1 aliphatic rings. The Labute approximate surface area is 123 Å². The van der Waals surface area contributed by atoms with Gasteiger partial charge in [-0.15, -0.1) is 4.47 Å². The van der Waals surface area contributed by atoms with Gasteiger partial charge in [0, 0.05) is 0 Å². The number of ether oxygens (including phenoxy) is 1. The van der Waals surface area contributed by atoms with Crippen molar-refractivity contribution in [3.8, 4) is 0 Å². The van der Waals surface area contributed by atoms with Gasteiger partial charge in [0.2, 0.25) is 0 Å². The van der Waals surface area contributed by atoms with Crippen LogP contribution in [0.15, 0.2) is 65.6 Å². The minimum atomic E-state index is -3.77. The zero-order valence-electron chi connectivity index (χ0n) is 11.3. The van der Waals surface area contributed by atoms with Crippen molar-refractivity contribution < 1.29 is 18.0 Å². The van der Waals surface area contributed by atoms with Gasteiger partial charge >= 0.3 is 0 Å². The Morgan fingerprint density at radius 1 is 1.05 bits per heavy atom. The monoisotopic (exact) mass is 305 g/mol. The molecule has 2 aromatic carbocycles. The fourth-order valence-corrected chi connectivity index (χ4v) is 3.13. The third kappa shape index (κ3) is 3.24. The molecule has 1 aliphatic heterocycles. The molecule has 110 valence electrons. The molecule has 5 nitrogen and oxygen atoms in total. The van der Waals surface area contributed by atoms with Crippen LogP contribution in [0.3, 0.4) is 0 Å². The van der Waals surface area contributed by atoms with Gasteiger partial charge in [0.1, 0.15) is 12.7 Å². The summed E-state index contributed by atoms with van der Waals surface area (Å²) in [7, 11) is -3.77. The van der Waals surface area contributed by atoms with E-state index in [1.165, 1.54) is 0 Å². The number of epoxide rings is 1. The lowest BCUT2D eigenvalue weighted by Gasteiger charge is -2.23. The van der Waals surface area contributed by atoms with Crippen LogP contribution in [0.4, 0.5) is 5.69 Å². The molecule has 3 rings (SSSR count). The molecule has 0 N–H and O–H groups in total.